The quantitative estimate of drug-likeness (QED) is 0.105. The van der Waals surface area contributed by atoms with E-state index in [-0.39, 0.29) is 62.3 Å². The van der Waals surface area contributed by atoms with Crippen molar-refractivity contribution in [1.82, 2.24) is 10.6 Å². The highest BCUT2D eigenvalue weighted by Crippen LogP contribution is 2.53. The van der Waals surface area contributed by atoms with Crippen LogP contribution in [-0.2, 0) is 10.2 Å². The maximum absolute atomic E-state index is 16.5. The van der Waals surface area contributed by atoms with Crippen LogP contribution in [0.25, 0.3) is 0 Å². The molecule has 1 aliphatic rings. The van der Waals surface area contributed by atoms with E-state index in [2.05, 4.69) is 16.0 Å². The second-order valence-electron chi connectivity index (χ2n) is 14.0. The first-order valence-electron chi connectivity index (χ1n) is 16.5. The number of carbonyl (C=O) groups excluding carboxylic acids is 2. The van der Waals surface area contributed by atoms with E-state index in [1.807, 2.05) is 20.8 Å². The fourth-order valence-corrected chi connectivity index (χ4v) is 7.40. The number of hydrogen-bond acceptors (Lipinski definition) is 6. The lowest BCUT2D eigenvalue weighted by molar-refractivity contribution is -0.118. The lowest BCUT2D eigenvalue weighted by Crippen LogP contribution is -2.53. The van der Waals surface area contributed by atoms with E-state index < -0.39 is 64.2 Å². The number of carboxylic acid groups (broad SMARTS) is 2. The molecule has 4 atom stereocenters. The number of methoxy groups -OCH3 is 1. The number of rotatable bonds is 11. The molecule has 1 fully saturated rings. The SMILES string of the molecule is COc1cc(C(=O)O)ccc1NC(=O)[C@@H]1N[C@@H](CC(C)(C)C)[C@](CNC(=O)c2ccc(C(=O)O)cc2)(c2ccc(Cl)cc2F)[C@H]1c1cccc(Cl)c1F. The Morgan fingerprint density at radius 1 is 0.887 bits per heavy atom. The van der Waals surface area contributed by atoms with Gasteiger partial charge in [-0.1, -0.05) is 62.2 Å². The summed E-state index contributed by atoms with van der Waals surface area (Å²) in [6.07, 6.45) is 0.289. The Labute approximate surface area is 314 Å². The number of hydrogen-bond donors (Lipinski definition) is 5. The number of halogens is 4. The molecule has 0 unspecified atom stereocenters. The third kappa shape index (κ3) is 8.14. The summed E-state index contributed by atoms with van der Waals surface area (Å²) in [4.78, 5) is 51.3. The van der Waals surface area contributed by atoms with Gasteiger partial charge in [0.05, 0.1) is 35.0 Å². The van der Waals surface area contributed by atoms with Crippen LogP contribution < -0.4 is 20.7 Å². The predicted molar refractivity (Wildman–Crippen MR) is 196 cm³/mol. The Morgan fingerprint density at radius 3 is 2.13 bits per heavy atom. The topological polar surface area (TPSA) is 154 Å². The Hall–Kier alpha value is -5.04. The zero-order valence-corrected chi connectivity index (χ0v) is 30.6. The van der Waals surface area contributed by atoms with Crippen molar-refractivity contribution in [1.29, 1.82) is 0 Å². The first-order chi connectivity index (χ1) is 25.0. The molecule has 5 rings (SSSR count). The van der Waals surface area contributed by atoms with Gasteiger partial charge in [-0.05, 0) is 83.6 Å². The minimum atomic E-state index is -1.61. The van der Waals surface area contributed by atoms with Crippen LogP contribution in [0.4, 0.5) is 14.5 Å². The smallest absolute Gasteiger partial charge is 0.335 e. The van der Waals surface area contributed by atoms with E-state index in [0.717, 1.165) is 6.07 Å². The van der Waals surface area contributed by atoms with Crippen molar-refractivity contribution < 1.29 is 42.9 Å². The molecule has 0 bridgehead atoms. The van der Waals surface area contributed by atoms with E-state index in [9.17, 15) is 29.4 Å². The molecular formula is C39H37Cl2F2N3O7. The van der Waals surface area contributed by atoms with Crippen molar-refractivity contribution in [2.24, 2.45) is 5.41 Å². The number of amides is 2. The highest BCUT2D eigenvalue weighted by Gasteiger charge is 2.60. The molecule has 0 spiro atoms. The second-order valence-corrected chi connectivity index (χ2v) is 14.9. The van der Waals surface area contributed by atoms with Crippen LogP contribution in [0.5, 0.6) is 5.75 Å². The molecule has 10 nitrogen and oxygen atoms in total. The van der Waals surface area contributed by atoms with Gasteiger partial charge in [-0.25, -0.2) is 18.4 Å². The molecular weight excluding hydrogens is 731 g/mol. The van der Waals surface area contributed by atoms with Crippen LogP contribution in [0, 0.1) is 17.0 Å². The van der Waals surface area contributed by atoms with Crippen LogP contribution in [0.2, 0.25) is 10.0 Å². The number of carboxylic acids is 2. The van der Waals surface area contributed by atoms with E-state index in [4.69, 9.17) is 27.9 Å². The molecule has 1 aliphatic heterocycles. The third-order valence-corrected chi connectivity index (χ3v) is 9.91. The molecule has 0 saturated carbocycles. The number of nitrogens with one attached hydrogen (secondary N) is 3. The molecule has 278 valence electrons. The average Bonchev–Trinajstić information content (AvgIpc) is 3.41. The van der Waals surface area contributed by atoms with Crippen LogP contribution in [0.3, 0.4) is 0 Å². The maximum Gasteiger partial charge on any atom is 0.335 e. The van der Waals surface area contributed by atoms with Gasteiger partial charge in [-0.3, -0.25) is 9.59 Å². The molecule has 0 radical (unpaired) electrons. The summed E-state index contributed by atoms with van der Waals surface area (Å²) in [5.74, 6) is -6.54. The summed E-state index contributed by atoms with van der Waals surface area (Å²) in [6.45, 7) is 5.49. The van der Waals surface area contributed by atoms with Crippen LogP contribution in [0.15, 0.2) is 78.9 Å². The predicted octanol–water partition coefficient (Wildman–Crippen LogP) is 7.54. The molecule has 14 heteroatoms. The molecule has 0 aromatic heterocycles. The van der Waals surface area contributed by atoms with Gasteiger partial charge < -0.3 is 30.9 Å². The molecule has 53 heavy (non-hydrogen) atoms. The number of benzene rings is 4. The Kier molecular flexibility index (Phi) is 11.5. The van der Waals surface area contributed by atoms with Gasteiger partial charge in [-0.15, -0.1) is 0 Å². The summed E-state index contributed by atoms with van der Waals surface area (Å²) in [7, 11) is 1.31. The maximum atomic E-state index is 16.5. The summed E-state index contributed by atoms with van der Waals surface area (Å²) in [5, 5.41) is 27.7. The summed E-state index contributed by atoms with van der Waals surface area (Å²) in [6, 6.07) is 15.3. The van der Waals surface area contributed by atoms with E-state index >= 15 is 8.78 Å². The van der Waals surface area contributed by atoms with Gasteiger partial charge in [0.1, 0.15) is 17.4 Å². The lowest BCUT2D eigenvalue weighted by Gasteiger charge is -2.43. The van der Waals surface area contributed by atoms with Crippen LogP contribution in [-0.4, -0.2) is 59.7 Å². The number of carbonyl (C=O) groups is 4. The summed E-state index contributed by atoms with van der Waals surface area (Å²) < 4.78 is 38.3. The lowest BCUT2D eigenvalue weighted by atomic mass is 9.61. The van der Waals surface area contributed by atoms with E-state index in [1.165, 1.54) is 79.9 Å². The molecule has 4 aromatic carbocycles. The summed E-state index contributed by atoms with van der Waals surface area (Å²) >= 11 is 12.6. The minimum Gasteiger partial charge on any atom is -0.495 e. The van der Waals surface area contributed by atoms with Crippen molar-refractivity contribution >= 4 is 52.6 Å². The molecule has 2 amide bonds. The number of aromatic carboxylic acids is 2. The average molecular weight is 769 g/mol. The molecule has 1 heterocycles. The monoisotopic (exact) mass is 767 g/mol. The zero-order chi connectivity index (χ0) is 38.8. The van der Waals surface area contributed by atoms with Gasteiger partial charge in [-0.2, -0.15) is 0 Å². The Balaban J connectivity index is 1.73. The Bertz CT molecular complexity index is 2070. The fourth-order valence-electron chi connectivity index (χ4n) is 7.06. The largest absolute Gasteiger partial charge is 0.495 e. The van der Waals surface area contributed by atoms with Crippen LogP contribution in [0.1, 0.15) is 75.3 Å². The van der Waals surface area contributed by atoms with Gasteiger partial charge >= 0.3 is 11.9 Å². The first-order valence-corrected chi connectivity index (χ1v) is 17.2. The van der Waals surface area contributed by atoms with E-state index in [1.54, 1.807) is 0 Å². The number of ether oxygens (including phenoxy) is 1. The summed E-state index contributed by atoms with van der Waals surface area (Å²) in [5.41, 5.74) is -1.98. The molecule has 1 saturated heterocycles. The van der Waals surface area contributed by atoms with Gasteiger partial charge in [0.25, 0.3) is 5.91 Å². The van der Waals surface area contributed by atoms with Crippen molar-refractivity contribution in [3.05, 3.63) is 128 Å². The normalized spacial score (nSPS) is 19.7. The third-order valence-electron chi connectivity index (χ3n) is 9.38. The number of anilines is 1. The molecule has 4 aromatic rings. The zero-order valence-electron chi connectivity index (χ0n) is 29.1. The van der Waals surface area contributed by atoms with Crippen molar-refractivity contribution in [3.8, 4) is 5.75 Å². The first kappa shape index (κ1) is 39.2. The van der Waals surface area contributed by atoms with Crippen molar-refractivity contribution in [2.45, 2.75) is 50.6 Å². The van der Waals surface area contributed by atoms with Crippen molar-refractivity contribution in [3.63, 3.8) is 0 Å². The fraction of sp³-hybridized carbons (Fsp3) is 0.282. The van der Waals surface area contributed by atoms with Gasteiger partial charge in [0.2, 0.25) is 5.91 Å². The highest BCUT2D eigenvalue weighted by molar-refractivity contribution is 6.31. The highest BCUT2D eigenvalue weighted by atomic mass is 35.5. The van der Waals surface area contributed by atoms with E-state index in [0.29, 0.717) is 0 Å². The second kappa shape index (κ2) is 15.5. The van der Waals surface area contributed by atoms with Gasteiger partial charge in [0, 0.05) is 34.5 Å². The Morgan fingerprint density at radius 2 is 1.53 bits per heavy atom. The molecule has 0 aliphatic carbocycles. The van der Waals surface area contributed by atoms with Crippen molar-refractivity contribution in [2.75, 3.05) is 19.0 Å². The van der Waals surface area contributed by atoms with Gasteiger partial charge in [0.15, 0.2) is 0 Å². The standard InChI is InChI=1S/C39H37Cl2F2N3O7/c1-38(2,3)18-30-39(25-14-13-23(40)17-27(25)42,19-44-34(47)20-8-10-21(11-9-20)36(49)50)31(24-6-5-7-26(41)32(24)43)33(46-30)35(48)45-28-15-12-22(37(51)52)16-29(28)53-4/h5-17,30-31,33,46H,18-19H2,1-4H3,(H,44,47)(H,45,48)(H,49,50)(H,51,52)/t30-,31-,33+,39-/m0/s1. The molecule has 5 N–H and O–H groups in total. The van der Waals surface area contributed by atoms with Crippen LogP contribution >= 0.6 is 23.2 Å². The minimum absolute atomic E-state index is 0.0354.